The van der Waals surface area contributed by atoms with Crippen LogP contribution in [0.4, 0.5) is 13.2 Å². The van der Waals surface area contributed by atoms with Crippen LogP contribution >= 0.6 is 11.6 Å². The molecule has 1 N–H and O–H groups in total. The summed E-state index contributed by atoms with van der Waals surface area (Å²) in [5, 5.41) is 9.98. The van der Waals surface area contributed by atoms with Crippen molar-refractivity contribution in [1.29, 1.82) is 0 Å². The second-order valence-electron chi connectivity index (χ2n) is 9.43. The molecule has 0 radical (unpaired) electrons. The smallest absolute Gasteiger partial charge is 0.416 e. The van der Waals surface area contributed by atoms with Crippen LogP contribution in [0.5, 0.6) is 5.75 Å². The van der Waals surface area contributed by atoms with Crippen molar-refractivity contribution in [3.8, 4) is 5.75 Å². The fraction of sp³-hybridized carbons (Fsp3) is 0.286. The maximum atomic E-state index is 13.2. The largest absolute Gasteiger partial charge is 0.487 e. The molecule has 1 atom stereocenters. The van der Waals surface area contributed by atoms with E-state index in [-0.39, 0.29) is 17.7 Å². The number of ether oxygens (including phenoxy) is 1. The standard InChI is InChI=1S/C28H25ClF3NO4/c1-27(15-18-4-3-7-23(29)13-18)11-10-20-14-21(8-9-24(20)37-27)26(36)33(17-25(34)35)16-19-5-2-6-22(12-19)28(30,31)32/h2-9,12-14H,10-11,15-17H2,1H3,(H,34,35)/t27-/m0/s1. The molecule has 3 aromatic rings. The number of nitrogens with zero attached hydrogens (tertiary/aromatic N) is 1. The van der Waals surface area contributed by atoms with Gasteiger partial charge in [0.2, 0.25) is 0 Å². The molecule has 37 heavy (non-hydrogen) atoms. The lowest BCUT2D eigenvalue weighted by Gasteiger charge is -2.36. The van der Waals surface area contributed by atoms with Crippen molar-refractivity contribution in [2.75, 3.05) is 6.54 Å². The highest BCUT2D eigenvalue weighted by molar-refractivity contribution is 6.30. The van der Waals surface area contributed by atoms with Gasteiger partial charge in [-0.05, 0) is 78.9 Å². The summed E-state index contributed by atoms with van der Waals surface area (Å²) >= 11 is 6.11. The molecule has 0 aromatic heterocycles. The Hall–Kier alpha value is -3.52. The first-order chi connectivity index (χ1) is 17.4. The van der Waals surface area contributed by atoms with E-state index in [1.54, 1.807) is 18.2 Å². The molecule has 194 valence electrons. The normalized spacial score (nSPS) is 17.0. The number of alkyl halides is 3. The van der Waals surface area contributed by atoms with Crippen LogP contribution in [0.1, 0.15) is 46.0 Å². The summed E-state index contributed by atoms with van der Waals surface area (Å²) < 4.78 is 45.6. The van der Waals surface area contributed by atoms with Crippen molar-refractivity contribution in [3.05, 3.63) is 99.6 Å². The number of aryl methyl sites for hydroxylation is 1. The second kappa shape index (κ2) is 10.5. The van der Waals surface area contributed by atoms with Gasteiger partial charge < -0.3 is 14.7 Å². The van der Waals surface area contributed by atoms with Crippen LogP contribution in [0.15, 0.2) is 66.7 Å². The Balaban J connectivity index is 1.53. The van der Waals surface area contributed by atoms with E-state index in [9.17, 15) is 27.9 Å². The van der Waals surface area contributed by atoms with Crippen molar-refractivity contribution in [2.24, 2.45) is 0 Å². The van der Waals surface area contributed by atoms with Crippen molar-refractivity contribution in [3.63, 3.8) is 0 Å². The average molecular weight is 532 g/mol. The Bertz CT molecular complexity index is 1330. The van der Waals surface area contributed by atoms with Crippen LogP contribution in [0.2, 0.25) is 5.02 Å². The minimum absolute atomic E-state index is 0.183. The molecule has 5 nitrogen and oxygen atoms in total. The van der Waals surface area contributed by atoms with E-state index in [4.69, 9.17) is 16.3 Å². The number of aliphatic carboxylic acids is 1. The Morgan fingerprint density at radius 3 is 2.49 bits per heavy atom. The molecule has 0 fully saturated rings. The Labute approximate surface area is 217 Å². The van der Waals surface area contributed by atoms with E-state index < -0.39 is 35.8 Å². The van der Waals surface area contributed by atoms with Crippen molar-refractivity contribution in [2.45, 2.75) is 44.5 Å². The number of fused-ring (bicyclic) bond motifs is 1. The third-order valence-corrected chi connectivity index (χ3v) is 6.53. The van der Waals surface area contributed by atoms with Gasteiger partial charge in [0.1, 0.15) is 17.9 Å². The molecule has 0 unspecified atom stereocenters. The van der Waals surface area contributed by atoms with Crippen LogP contribution in [0.25, 0.3) is 0 Å². The molecule has 0 aliphatic carbocycles. The average Bonchev–Trinajstić information content (AvgIpc) is 2.82. The predicted octanol–water partition coefficient (Wildman–Crippen LogP) is 6.41. The van der Waals surface area contributed by atoms with E-state index in [2.05, 4.69) is 0 Å². The summed E-state index contributed by atoms with van der Waals surface area (Å²) in [5.41, 5.74) is 0.950. The van der Waals surface area contributed by atoms with Crippen LogP contribution in [0.3, 0.4) is 0 Å². The Morgan fingerprint density at radius 2 is 1.78 bits per heavy atom. The van der Waals surface area contributed by atoms with Gasteiger partial charge in [-0.3, -0.25) is 9.59 Å². The SMILES string of the molecule is C[C@@]1(Cc2cccc(Cl)c2)CCc2cc(C(=O)N(CC(=O)O)Cc3cccc(C(F)(F)F)c3)ccc2O1. The first-order valence-corrected chi connectivity index (χ1v) is 12.0. The minimum atomic E-state index is -4.54. The fourth-order valence-corrected chi connectivity index (χ4v) is 4.75. The van der Waals surface area contributed by atoms with E-state index in [1.165, 1.54) is 12.1 Å². The maximum Gasteiger partial charge on any atom is 0.416 e. The summed E-state index contributed by atoms with van der Waals surface area (Å²) in [6.07, 6.45) is -2.57. The second-order valence-corrected chi connectivity index (χ2v) is 9.87. The van der Waals surface area contributed by atoms with Crippen LogP contribution in [-0.2, 0) is 30.4 Å². The quantitative estimate of drug-likeness (QED) is 0.382. The first kappa shape index (κ1) is 26.5. The van der Waals surface area contributed by atoms with Crippen LogP contribution in [0, 0.1) is 0 Å². The third-order valence-electron chi connectivity index (χ3n) is 6.30. The van der Waals surface area contributed by atoms with E-state index in [1.807, 2.05) is 31.2 Å². The lowest BCUT2D eigenvalue weighted by atomic mass is 9.87. The highest BCUT2D eigenvalue weighted by atomic mass is 35.5. The zero-order valence-corrected chi connectivity index (χ0v) is 20.8. The number of carboxylic acids is 1. The summed E-state index contributed by atoms with van der Waals surface area (Å²) in [7, 11) is 0. The number of carboxylic acid groups (broad SMARTS) is 1. The molecular weight excluding hydrogens is 507 g/mol. The highest BCUT2D eigenvalue weighted by Crippen LogP contribution is 2.36. The van der Waals surface area contributed by atoms with E-state index in [0.717, 1.165) is 28.2 Å². The molecule has 0 bridgehead atoms. The van der Waals surface area contributed by atoms with E-state index in [0.29, 0.717) is 30.0 Å². The summed E-state index contributed by atoms with van der Waals surface area (Å²) in [6, 6.07) is 17.0. The first-order valence-electron chi connectivity index (χ1n) is 11.7. The van der Waals surface area contributed by atoms with Crippen molar-refractivity contribution < 1.29 is 32.6 Å². The predicted molar refractivity (Wildman–Crippen MR) is 133 cm³/mol. The van der Waals surface area contributed by atoms with Gasteiger partial charge in [0, 0.05) is 23.6 Å². The van der Waals surface area contributed by atoms with Crippen molar-refractivity contribution >= 4 is 23.5 Å². The molecule has 9 heteroatoms. The molecule has 4 rings (SSSR count). The van der Waals surface area contributed by atoms with Gasteiger partial charge in [0.25, 0.3) is 5.91 Å². The zero-order chi connectivity index (χ0) is 26.8. The molecule has 3 aromatic carbocycles. The Morgan fingerprint density at radius 1 is 1.05 bits per heavy atom. The van der Waals surface area contributed by atoms with Gasteiger partial charge in [0.05, 0.1) is 5.56 Å². The van der Waals surface area contributed by atoms with Gasteiger partial charge in [-0.25, -0.2) is 0 Å². The van der Waals surface area contributed by atoms with Crippen LogP contribution in [-0.4, -0.2) is 34.0 Å². The Kier molecular flexibility index (Phi) is 7.50. The monoisotopic (exact) mass is 531 g/mol. The number of benzene rings is 3. The minimum Gasteiger partial charge on any atom is -0.487 e. The molecule has 1 aliphatic heterocycles. The van der Waals surface area contributed by atoms with Crippen molar-refractivity contribution in [1.82, 2.24) is 4.90 Å². The van der Waals surface area contributed by atoms with Gasteiger partial charge in [-0.15, -0.1) is 0 Å². The number of amides is 1. The van der Waals surface area contributed by atoms with Gasteiger partial charge in [0.15, 0.2) is 0 Å². The third kappa shape index (κ3) is 6.63. The number of carbonyl (C=O) groups is 2. The number of hydrogen-bond acceptors (Lipinski definition) is 3. The number of rotatable bonds is 7. The summed E-state index contributed by atoms with van der Waals surface area (Å²) in [6.45, 7) is 1.08. The highest BCUT2D eigenvalue weighted by Gasteiger charge is 2.33. The lowest BCUT2D eigenvalue weighted by molar-refractivity contribution is -0.139. The molecule has 1 amide bonds. The maximum absolute atomic E-state index is 13.2. The summed E-state index contributed by atoms with van der Waals surface area (Å²) in [5.74, 6) is -1.22. The number of carbonyl (C=O) groups excluding carboxylic acids is 1. The molecule has 1 aliphatic rings. The molecular formula is C28H25ClF3NO4. The number of hydrogen-bond donors (Lipinski definition) is 1. The molecule has 0 spiro atoms. The molecule has 0 saturated heterocycles. The van der Waals surface area contributed by atoms with Gasteiger partial charge in [-0.1, -0.05) is 35.9 Å². The van der Waals surface area contributed by atoms with Gasteiger partial charge in [-0.2, -0.15) is 13.2 Å². The zero-order valence-electron chi connectivity index (χ0n) is 20.0. The molecule has 1 heterocycles. The molecule has 0 saturated carbocycles. The topological polar surface area (TPSA) is 66.8 Å². The lowest BCUT2D eigenvalue weighted by Crippen LogP contribution is -2.39. The van der Waals surface area contributed by atoms with Crippen LogP contribution < -0.4 is 4.74 Å². The van der Waals surface area contributed by atoms with Gasteiger partial charge >= 0.3 is 12.1 Å². The summed E-state index contributed by atoms with van der Waals surface area (Å²) in [4.78, 5) is 25.7. The van der Waals surface area contributed by atoms with E-state index >= 15 is 0 Å². The number of halogens is 4. The fourth-order valence-electron chi connectivity index (χ4n) is 4.54.